The van der Waals surface area contributed by atoms with Gasteiger partial charge in [-0.2, -0.15) is 0 Å². The Morgan fingerprint density at radius 1 is 0.952 bits per heavy atom. The average Bonchev–Trinajstić information content (AvgIpc) is 2.78. The van der Waals surface area contributed by atoms with Gasteiger partial charge in [0.15, 0.2) is 0 Å². The van der Waals surface area contributed by atoms with Crippen LogP contribution in [-0.4, -0.2) is 24.7 Å². The number of para-hydroxylation sites is 1. The van der Waals surface area contributed by atoms with Crippen molar-refractivity contribution in [3.63, 3.8) is 0 Å². The molecule has 2 aromatic carbocycles. The maximum atomic E-state index is 6.33. The van der Waals surface area contributed by atoms with E-state index in [1.54, 1.807) is 0 Å². The molecule has 0 bridgehead atoms. The van der Waals surface area contributed by atoms with Gasteiger partial charge in [-0.05, 0) is 0 Å². The van der Waals surface area contributed by atoms with Crippen molar-refractivity contribution < 1.29 is 0 Å². The molecule has 1 aromatic heterocycles. The molecule has 0 fully saturated rings. The van der Waals surface area contributed by atoms with Gasteiger partial charge >= 0.3 is 131 Å². The second-order valence-electron chi connectivity index (χ2n) is 4.96. The van der Waals surface area contributed by atoms with E-state index >= 15 is 0 Å². The number of hydrogen-bond donors (Lipinski definition) is 1. The molecule has 3 aromatic rings. The molecule has 0 aliphatic carbocycles. The molecule has 21 heavy (non-hydrogen) atoms. The van der Waals surface area contributed by atoms with Crippen LogP contribution in [0.25, 0.3) is 5.69 Å². The Bertz CT molecular complexity index is 746. The molecule has 0 atom stereocenters. The number of aryl methyl sites for hydroxylation is 2. The van der Waals surface area contributed by atoms with Crippen molar-refractivity contribution in [2.24, 2.45) is 0 Å². The summed E-state index contributed by atoms with van der Waals surface area (Å²) in [5.74, 6) is 0.749. The fourth-order valence-electron chi connectivity index (χ4n) is 2.15. The second-order valence-corrected chi connectivity index (χ2v) is 7.24. The first-order valence-electron chi connectivity index (χ1n) is 6.80. The summed E-state index contributed by atoms with van der Waals surface area (Å²) in [5.41, 5.74) is 9.62. The van der Waals surface area contributed by atoms with Crippen LogP contribution < -0.4 is 14.7 Å². The van der Waals surface area contributed by atoms with Crippen molar-refractivity contribution in [1.29, 1.82) is 0 Å². The molecule has 0 spiro atoms. The number of nitrogens with two attached hydrogens (primary N) is 1. The number of aromatic nitrogens is 2. The van der Waals surface area contributed by atoms with Gasteiger partial charge in [0.1, 0.15) is 0 Å². The van der Waals surface area contributed by atoms with E-state index in [0.717, 1.165) is 21.7 Å². The van der Waals surface area contributed by atoms with Gasteiger partial charge in [0.25, 0.3) is 0 Å². The van der Waals surface area contributed by atoms with Gasteiger partial charge in [0, 0.05) is 0 Å². The molecule has 3 rings (SSSR count). The molecular formula is C17H17N3Se. The van der Waals surface area contributed by atoms with Gasteiger partial charge in [-0.1, -0.05) is 0 Å². The third-order valence-electron chi connectivity index (χ3n) is 3.28. The van der Waals surface area contributed by atoms with E-state index in [0.29, 0.717) is 0 Å². The molecule has 0 aliphatic heterocycles. The number of nitrogens with zero attached hydrogens (tertiary/aromatic N) is 2. The van der Waals surface area contributed by atoms with Crippen LogP contribution in [0.15, 0.2) is 54.6 Å². The van der Waals surface area contributed by atoms with Crippen LogP contribution in [-0.2, 0) is 0 Å². The zero-order valence-electron chi connectivity index (χ0n) is 12.1. The summed E-state index contributed by atoms with van der Waals surface area (Å²) in [6.07, 6.45) is 0. The Hall–Kier alpha value is -2.03. The van der Waals surface area contributed by atoms with Crippen molar-refractivity contribution in [3.05, 3.63) is 65.9 Å². The van der Waals surface area contributed by atoms with E-state index < -0.39 is 0 Å². The molecule has 0 radical (unpaired) electrons. The normalized spacial score (nSPS) is 10.8. The SMILES string of the molecule is Cc1ccc([Se]c2c(C)nn(-c3ccccc3)c2N)cc1. The summed E-state index contributed by atoms with van der Waals surface area (Å²) in [4.78, 5) is 0. The standard InChI is InChI=1S/C17H17N3Se/c1-12-8-10-15(11-9-12)21-16-13(2)19-20(17(16)18)14-6-4-3-5-7-14/h3-11H,18H2,1-2H3. The fourth-order valence-corrected chi connectivity index (χ4v) is 4.01. The third-order valence-corrected chi connectivity index (χ3v) is 5.83. The summed E-state index contributed by atoms with van der Waals surface area (Å²) in [7, 11) is 0. The number of benzene rings is 2. The van der Waals surface area contributed by atoms with Crippen LogP contribution >= 0.6 is 0 Å². The molecule has 0 unspecified atom stereocenters. The third kappa shape index (κ3) is 2.87. The van der Waals surface area contributed by atoms with Crippen LogP contribution in [0.3, 0.4) is 0 Å². The first kappa shape index (κ1) is 13.9. The minimum atomic E-state index is 0.175. The second kappa shape index (κ2) is 5.76. The van der Waals surface area contributed by atoms with Crippen molar-refractivity contribution in [1.82, 2.24) is 9.78 Å². The van der Waals surface area contributed by atoms with Crippen LogP contribution in [0, 0.1) is 13.8 Å². The summed E-state index contributed by atoms with van der Waals surface area (Å²) >= 11 is 0.175. The average molecular weight is 342 g/mol. The summed E-state index contributed by atoms with van der Waals surface area (Å²) < 4.78 is 4.31. The number of nitrogen functional groups attached to an aromatic ring is 1. The minimum absolute atomic E-state index is 0.175. The van der Waals surface area contributed by atoms with Crippen molar-refractivity contribution in [2.75, 3.05) is 5.73 Å². The molecule has 0 aliphatic rings. The van der Waals surface area contributed by atoms with E-state index in [1.165, 1.54) is 10.0 Å². The van der Waals surface area contributed by atoms with E-state index in [9.17, 15) is 0 Å². The van der Waals surface area contributed by atoms with Gasteiger partial charge in [-0.3, -0.25) is 0 Å². The summed E-state index contributed by atoms with van der Waals surface area (Å²) in [6, 6.07) is 18.7. The van der Waals surface area contributed by atoms with E-state index in [4.69, 9.17) is 5.73 Å². The molecule has 1 heterocycles. The summed E-state index contributed by atoms with van der Waals surface area (Å²) in [5, 5.41) is 4.60. The van der Waals surface area contributed by atoms with Crippen molar-refractivity contribution in [2.45, 2.75) is 13.8 Å². The Balaban J connectivity index is 1.97. The first-order chi connectivity index (χ1) is 10.1. The van der Waals surface area contributed by atoms with Gasteiger partial charge in [0.2, 0.25) is 0 Å². The molecule has 0 amide bonds. The van der Waals surface area contributed by atoms with E-state index in [2.05, 4.69) is 36.3 Å². The molecule has 0 saturated heterocycles. The quantitative estimate of drug-likeness (QED) is 0.737. The molecule has 3 nitrogen and oxygen atoms in total. The van der Waals surface area contributed by atoms with Crippen LogP contribution in [0.5, 0.6) is 0 Å². The molecule has 2 N–H and O–H groups in total. The Labute approximate surface area is 131 Å². The number of rotatable bonds is 3. The monoisotopic (exact) mass is 343 g/mol. The van der Waals surface area contributed by atoms with Gasteiger partial charge in [-0.25, -0.2) is 0 Å². The van der Waals surface area contributed by atoms with Crippen molar-refractivity contribution in [3.8, 4) is 5.69 Å². The van der Waals surface area contributed by atoms with Crippen LogP contribution in [0.1, 0.15) is 11.3 Å². The molecular weight excluding hydrogens is 325 g/mol. The number of hydrogen-bond acceptors (Lipinski definition) is 2. The number of anilines is 1. The van der Waals surface area contributed by atoms with Crippen LogP contribution in [0.4, 0.5) is 5.82 Å². The molecule has 4 heteroatoms. The van der Waals surface area contributed by atoms with E-state index in [-0.39, 0.29) is 15.0 Å². The summed E-state index contributed by atoms with van der Waals surface area (Å²) in [6.45, 7) is 4.13. The Morgan fingerprint density at radius 3 is 2.29 bits per heavy atom. The molecule has 0 saturated carbocycles. The van der Waals surface area contributed by atoms with Gasteiger partial charge in [-0.15, -0.1) is 0 Å². The maximum absolute atomic E-state index is 6.33. The van der Waals surface area contributed by atoms with Gasteiger partial charge < -0.3 is 0 Å². The topological polar surface area (TPSA) is 43.8 Å². The zero-order chi connectivity index (χ0) is 14.8. The van der Waals surface area contributed by atoms with Crippen LogP contribution in [0.2, 0.25) is 0 Å². The predicted octanol–water partition coefficient (Wildman–Crippen LogP) is 1.73. The first-order valence-corrected chi connectivity index (χ1v) is 8.51. The Morgan fingerprint density at radius 2 is 1.62 bits per heavy atom. The zero-order valence-corrected chi connectivity index (χ0v) is 13.8. The predicted molar refractivity (Wildman–Crippen MR) is 88.9 cm³/mol. The Kier molecular flexibility index (Phi) is 3.82. The van der Waals surface area contributed by atoms with Gasteiger partial charge in [0.05, 0.1) is 0 Å². The fraction of sp³-hybridized carbons (Fsp3) is 0.118. The van der Waals surface area contributed by atoms with Crippen molar-refractivity contribution >= 4 is 29.7 Å². The molecule has 106 valence electrons. The van der Waals surface area contributed by atoms with E-state index in [1.807, 2.05) is 41.9 Å².